The Hall–Kier alpha value is -1.07. The van der Waals surface area contributed by atoms with E-state index in [4.69, 9.17) is 16.9 Å². The Kier molecular flexibility index (Phi) is 2.24. The summed E-state index contributed by atoms with van der Waals surface area (Å²) in [6, 6.07) is 3.67. The van der Waals surface area contributed by atoms with Crippen LogP contribution in [0.3, 0.4) is 0 Å². The number of nitriles is 1. The Morgan fingerprint density at radius 3 is 3.00 bits per heavy atom. The maximum atomic E-state index is 8.51. The summed E-state index contributed by atoms with van der Waals surface area (Å²) in [6.07, 6.45) is 3.18. The number of rotatable bonds is 1. The van der Waals surface area contributed by atoms with E-state index in [1.807, 2.05) is 6.07 Å². The molecule has 3 heteroatoms. The molecular formula is C7H5ClN2. The maximum Gasteiger partial charge on any atom is 0.0996 e. The predicted molar refractivity (Wildman–Crippen MR) is 38.5 cm³/mol. The van der Waals surface area contributed by atoms with Crippen molar-refractivity contribution in [2.24, 2.45) is 0 Å². The highest BCUT2D eigenvalue weighted by atomic mass is 35.5. The molecule has 0 saturated carbocycles. The summed E-state index contributed by atoms with van der Waals surface area (Å²) >= 11 is 5.52. The predicted octanol–water partition coefficient (Wildman–Crippen LogP) is 1.69. The van der Waals surface area contributed by atoms with Crippen LogP contribution in [0.25, 0.3) is 0 Å². The van der Waals surface area contributed by atoms with Gasteiger partial charge < -0.3 is 0 Å². The molecule has 0 aromatic carbocycles. The monoisotopic (exact) mass is 152 g/mol. The SMILES string of the molecule is N#Cc1ccncc1CCl. The van der Waals surface area contributed by atoms with E-state index in [1.165, 1.54) is 0 Å². The van der Waals surface area contributed by atoms with Gasteiger partial charge in [0.1, 0.15) is 0 Å². The Labute approximate surface area is 64.1 Å². The lowest BCUT2D eigenvalue weighted by Gasteiger charge is -1.94. The maximum absolute atomic E-state index is 8.51. The first kappa shape index (κ1) is 7.04. The summed E-state index contributed by atoms with van der Waals surface area (Å²) < 4.78 is 0. The number of halogens is 1. The summed E-state index contributed by atoms with van der Waals surface area (Å²) in [5, 5.41) is 8.51. The van der Waals surface area contributed by atoms with Crippen LogP contribution in [0.2, 0.25) is 0 Å². The number of aromatic nitrogens is 1. The Bertz CT molecular complexity index is 265. The second-order valence-corrected chi connectivity index (χ2v) is 2.05. The van der Waals surface area contributed by atoms with Gasteiger partial charge in [-0.1, -0.05) is 0 Å². The van der Waals surface area contributed by atoms with Crippen molar-refractivity contribution in [3.05, 3.63) is 29.6 Å². The van der Waals surface area contributed by atoms with Gasteiger partial charge in [0.25, 0.3) is 0 Å². The number of alkyl halides is 1. The Morgan fingerprint density at radius 2 is 2.50 bits per heavy atom. The van der Waals surface area contributed by atoms with Crippen LogP contribution < -0.4 is 0 Å². The van der Waals surface area contributed by atoms with Crippen LogP contribution in [0.4, 0.5) is 0 Å². The summed E-state index contributed by atoms with van der Waals surface area (Å²) in [5.74, 6) is 0.344. The fourth-order valence-electron chi connectivity index (χ4n) is 0.643. The quantitative estimate of drug-likeness (QED) is 0.575. The average Bonchev–Trinajstić information content (AvgIpc) is 2.04. The Morgan fingerprint density at radius 1 is 1.70 bits per heavy atom. The molecule has 0 amide bonds. The molecule has 10 heavy (non-hydrogen) atoms. The average molecular weight is 153 g/mol. The van der Waals surface area contributed by atoms with Crippen LogP contribution in [0.15, 0.2) is 18.5 Å². The van der Waals surface area contributed by atoms with E-state index in [0.717, 1.165) is 5.56 Å². The van der Waals surface area contributed by atoms with Crippen LogP contribution in [0.1, 0.15) is 11.1 Å². The molecule has 0 aliphatic heterocycles. The van der Waals surface area contributed by atoms with E-state index in [0.29, 0.717) is 11.4 Å². The zero-order valence-electron chi connectivity index (χ0n) is 5.21. The van der Waals surface area contributed by atoms with E-state index in [1.54, 1.807) is 18.5 Å². The van der Waals surface area contributed by atoms with Gasteiger partial charge in [-0.05, 0) is 6.07 Å². The molecule has 50 valence electrons. The van der Waals surface area contributed by atoms with Crippen molar-refractivity contribution in [1.82, 2.24) is 4.98 Å². The third kappa shape index (κ3) is 1.26. The lowest BCUT2D eigenvalue weighted by molar-refractivity contribution is 1.22. The molecule has 1 rings (SSSR count). The highest BCUT2D eigenvalue weighted by Crippen LogP contribution is 2.07. The molecule has 0 spiro atoms. The topological polar surface area (TPSA) is 36.7 Å². The lowest BCUT2D eigenvalue weighted by atomic mass is 10.2. The van der Waals surface area contributed by atoms with Crippen molar-refractivity contribution in [1.29, 1.82) is 5.26 Å². The molecule has 0 fully saturated rings. The third-order valence-corrected chi connectivity index (χ3v) is 1.46. The molecule has 0 aliphatic rings. The molecule has 0 N–H and O–H groups in total. The first-order valence-corrected chi connectivity index (χ1v) is 3.31. The van der Waals surface area contributed by atoms with Crippen LogP contribution in [-0.4, -0.2) is 4.98 Å². The molecule has 0 radical (unpaired) electrons. The lowest BCUT2D eigenvalue weighted by Crippen LogP contribution is -1.85. The van der Waals surface area contributed by atoms with Crippen molar-refractivity contribution in [3.63, 3.8) is 0 Å². The number of nitrogens with zero attached hydrogens (tertiary/aromatic N) is 2. The number of hydrogen-bond donors (Lipinski definition) is 0. The fourth-order valence-corrected chi connectivity index (χ4v) is 0.856. The first-order chi connectivity index (χ1) is 4.88. The second-order valence-electron chi connectivity index (χ2n) is 1.78. The Balaban J connectivity index is 3.12. The summed E-state index contributed by atoms with van der Waals surface area (Å²) in [5.41, 5.74) is 1.39. The van der Waals surface area contributed by atoms with Gasteiger partial charge in [-0.25, -0.2) is 0 Å². The van der Waals surface area contributed by atoms with Crippen molar-refractivity contribution in [2.45, 2.75) is 5.88 Å². The standard InChI is InChI=1S/C7H5ClN2/c8-3-7-5-10-2-1-6(7)4-9/h1-2,5H,3H2. The van der Waals surface area contributed by atoms with E-state index in [-0.39, 0.29) is 0 Å². The zero-order chi connectivity index (χ0) is 7.40. The molecule has 0 unspecified atom stereocenters. The zero-order valence-corrected chi connectivity index (χ0v) is 5.97. The van der Waals surface area contributed by atoms with E-state index in [9.17, 15) is 0 Å². The number of hydrogen-bond acceptors (Lipinski definition) is 2. The molecule has 1 aromatic rings. The molecule has 2 nitrogen and oxygen atoms in total. The summed E-state index contributed by atoms with van der Waals surface area (Å²) in [4.78, 5) is 3.83. The van der Waals surface area contributed by atoms with E-state index < -0.39 is 0 Å². The minimum Gasteiger partial charge on any atom is -0.264 e. The molecule has 0 aliphatic carbocycles. The van der Waals surface area contributed by atoms with Gasteiger partial charge in [0.2, 0.25) is 0 Å². The molecule has 0 bridgehead atoms. The summed E-state index contributed by atoms with van der Waals surface area (Å²) in [6.45, 7) is 0. The van der Waals surface area contributed by atoms with Gasteiger partial charge in [-0.15, -0.1) is 11.6 Å². The van der Waals surface area contributed by atoms with Crippen molar-refractivity contribution < 1.29 is 0 Å². The normalized spacial score (nSPS) is 8.80. The minimum atomic E-state index is 0.344. The largest absolute Gasteiger partial charge is 0.264 e. The number of pyridine rings is 1. The fraction of sp³-hybridized carbons (Fsp3) is 0.143. The minimum absolute atomic E-state index is 0.344. The van der Waals surface area contributed by atoms with Crippen LogP contribution >= 0.6 is 11.6 Å². The van der Waals surface area contributed by atoms with E-state index >= 15 is 0 Å². The van der Waals surface area contributed by atoms with E-state index in [2.05, 4.69) is 4.98 Å². The van der Waals surface area contributed by atoms with Crippen molar-refractivity contribution >= 4 is 11.6 Å². The van der Waals surface area contributed by atoms with Crippen LogP contribution in [0, 0.1) is 11.3 Å². The van der Waals surface area contributed by atoms with Gasteiger partial charge >= 0.3 is 0 Å². The van der Waals surface area contributed by atoms with Crippen LogP contribution in [0.5, 0.6) is 0 Å². The van der Waals surface area contributed by atoms with Gasteiger partial charge in [0.15, 0.2) is 0 Å². The molecule has 1 aromatic heterocycles. The molecule has 0 saturated heterocycles. The smallest absolute Gasteiger partial charge is 0.0996 e. The third-order valence-electron chi connectivity index (χ3n) is 1.17. The molecule has 0 atom stereocenters. The van der Waals surface area contributed by atoms with Gasteiger partial charge in [-0.3, -0.25) is 4.98 Å². The van der Waals surface area contributed by atoms with Crippen molar-refractivity contribution in [2.75, 3.05) is 0 Å². The highest BCUT2D eigenvalue weighted by molar-refractivity contribution is 6.17. The first-order valence-electron chi connectivity index (χ1n) is 2.77. The molecule has 1 heterocycles. The van der Waals surface area contributed by atoms with Gasteiger partial charge in [0.05, 0.1) is 17.5 Å². The van der Waals surface area contributed by atoms with Crippen molar-refractivity contribution in [3.8, 4) is 6.07 Å². The molecular weight excluding hydrogens is 148 g/mol. The summed E-state index contributed by atoms with van der Waals surface area (Å²) in [7, 11) is 0. The van der Waals surface area contributed by atoms with Gasteiger partial charge in [-0.2, -0.15) is 5.26 Å². The van der Waals surface area contributed by atoms with Gasteiger partial charge in [0, 0.05) is 18.0 Å². The second kappa shape index (κ2) is 3.19. The highest BCUT2D eigenvalue weighted by Gasteiger charge is 1.96. The van der Waals surface area contributed by atoms with Crippen LogP contribution in [-0.2, 0) is 5.88 Å².